The molecular weight excluding hydrogens is 507 g/mol. The highest BCUT2D eigenvalue weighted by Gasteiger charge is 2.10. The van der Waals surface area contributed by atoms with Crippen molar-refractivity contribution in [3.8, 4) is 0 Å². The van der Waals surface area contributed by atoms with Crippen molar-refractivity contribution in [1.29, 1.82) is 0 Å². The third-order valence-corrected chi connectivity index (χ3v) is 4.72. The quantitative estimate of drug-likeness (QED) is 0.308. The van der Waals surface area contributed by atoms with Gasteiger partial charge in [-0.2, -0.15) is 0 Å². The third kappa shape index (κ3) is 7.22. The number of halogens is 2. The number of aryl methyl sites for hydroxylation is 1. The zero-order valence-corrected chi connectivity index (χ0v) is 19.5. The van der Waals surface area contributed by atoms with Gasteiger partial charge >= 0.3 is 0 Å². The molecule has 1 atom stereocenters. The molecule has 8 heteroatoms. The van der Waals surface area contributed by atoms with E-state index in [1.165, 1.54) is 5.56 Å². The van der Waals surface area contributed by atoms with Gasteiger partial charge in [0, 0.05) is 24.6 Å². The van der Waals surface area contributed by atoms with Crippen LogP contribution in [0.5, 0.6) is 0 Å². The number of rotatable bonds is 8. The van der Waals surface area contributed by atoms with Crippen molar-refractivity contribution in [3.63, 3.8) is 0 Å². The predicted octanol–water partition coefficient (Wildman–Crippen LogP) is 3.61. The summed E-state index contributed by atoms with van der Waals surface area (Å²) in [5.74, 6) is 2.25. The van der Waals surface area contributed by atoms with E-state index in [4.69, 9.17) is 0 Å². The molecule has 1 aromatic carbocycles. The fourth-order valence-electron chi connectivity index (χ4n) is 2.66. The number of nitrogens with zero attached hydrogens (tertiary/aromatic N) is 4. The van der Waals surface area contributed by atoms with Gasteiger partial charge in [-0.1, -0.05) is 41.4 Å². The molecule has 0 radical (unpaired) electrons. The molecule has 0 bridgehead atoms. The Hall–Kier alpha value is -1.16. The van der Waals surface area contributed by atoms with E-state index >= 15 is 0 Å². The van der Waals surface area contributed by atoms with Crippen LogP contribution in [0.25, 0.3) is 0 Å². The second-order valence-corrected chi connectivity index (χ2v) is 6.86. The van der Waals surface area contributed by atoms with Gasteiger partial charge in [0.25, 0.3) is 0 Å². The molecular formula is C18H28BrIN6. The number of hydrogen-bond acceptors (Lipinski definition) is 3. The van der Waals surface area contributed by atoms with Gasteiger partial charge in [0.1, 0.15) is 6.33 Å². The van der Waals surface area contributed by atoms with E-state index in [2.05, 4.69) is 79.9 Å². The predicted molar refractivity (Wildman–Crippen MR) is 121 cm³/mol. The van der Waals surface area contributed by atoms with Crippen molar-refractivity contribution < 1.29 is 0 Å². The molecule has 0 saturated carbocycles. The largest absolute Gasteiger partial charge is 0.356 e. The topological polar surface area (TPSA) is 67.1 Å². The van der Waals surface area contributed by atoms with Gasteiger partial charge in [0.2, 0.25) is 0 Å². The standard InChI is InChI=1S/C18H27BrN6.HI/c1-4-14(9-15-7-6-8-16(19)10-15)11-21-18(20-3)22-12-17-24-23-13-25(17)5-2;/h6-8,10,13-14H,4-5,9,11-12H2,1-3H3,(H2,20,21,22);1H. The normalized spacial score (nSPS) is 12.4. The first-order chi connectivity index (χ1) is 12.2. The SMILES string of the molecule is CCC(CNC(=NC)NCc1nncn1CC)Cc1cccc(Br)c1.I. The highest BCUT2D eigenvalue weighted by molar-refractivity contribution is 14.0. The smallest absolute Gasteiger partial charge is 0.191 e. The minimum Gasteiger partial charge on any atom is -0.356 e. The lowest BCUT2D eigenvalue weighted by Crippen LogP contribution is -2.40. The van der Waals surface area contributed by atoms with Gasteiger partial charge in [-0.3, -0.25) is 4.99 Å². The van der Waals surface area contributed by atoms with E-state index in [1.54, 1.807) is 13.4 Å². The van der Waals surface area contributed by atoms with Crippen LogP contribution in [0.15, 0.2) is 40.1 Å². The summed E-state index contributed by atoms with van der Waals surface area (Å²) in [6.07, 6.45) is 3.91. The number of hydrogen-bond donors (Lipinski definition) is 2. The van der Waals surface area contributed by atoms with Gasteiger partial charge < -0.3 is 15.2 Å². The van der Waals surface area contributed by atoms with Crippen molar-refractivity contribution in [3.05, 3.63) is 46.5 Å². The second kappa shape index (κ2) is 12.3. The first kappa shape index (κ1) is 22.9. The number of guanidine groups is 1. The molecule has 0 aliphatic carbocycles. The molecule has 1 unspecified atom stereocenters. The van der Waals surface area contributed by atoms with E-state index in [1.807, 2.05) is 4.57 Å². The monoisotopic (exact) mass is 534 g/mol. The van der Waals surface area contributed by atoms with Gasteiger partial charge in [-0.15, -0.1) is 34.2 Å². The lowest BCUT2D eigenvalue weighted by atomic mass is 9.97. The molecule has 144 valence electrons. The summed E-state index contributed by atoms with van der Waals surface area (Å²) < 4.78 is 3.15. The van der Waals surface area contributed by atoms with Gasteiger partial charge in [0.15, 0.2) is 11.8 Å². The summed E-state index contributed by atoms with van der Waals surface area (Å²) in [7, 11) is 1.79. The number of aliphatic imine (C=N–C) groups is 1. The molecule has 0 fully saturated rings. The summed E-state index contributed by atoms with van der Waals surface area (Å²) in [6.45, 7) is 6.65. The molecule has 6 nitrogen and oxygen atoms in total. The van der Waals surface area contributed by atoms with Gasteiger partial charge in [0.05, 0.1) is 6.54 Å². The van der Waals surface area contributed by atoms with Gasteiger partial charge in [-0.05, 0) is 37.0 Å². The minimum atomic E-state index is 0. The first-order valence-corrected chi connectivity index (χ1v) is 9.51. The van der Waals surface area contributed by atoms with E-state index in [9.17, 15) is 0 Å². The molecule has 26 heavy (non-hydrogen) atoms. The fraction of sp³-hybridized carbons (Fsp3) is 0.500. The van der Waals surface area contributed by atoms with E-state index in [0.29, 0.717) is 12.5 Å². The molecule has 2 aromatic rings. The molecule has 2 rings (SSSR count). The van der Waals surface area contributed by atoms with Crippen LogP contribution in [0.3, 0.4) is 0 Å². The zero-order chi connectivity index (χ0) is 18.1. The zero-order valence-electron chi connectivity index (χ0n) is 15.6. The molecule has 2 N–H and O–H groups in total. The highest BCUT2D eigenvalue weighted by Crippen LogP contribution is 2.16. The van der Waals surface area contributed by atoms with Crippen LogP contribution >= 0.6 is 39.9 Å². The van der Waals surface area contributed by atoms with Crippen molar-refractivity contribution in [1.82, 2.24) is 25.4 Å². The molecule has 0 aliphatic rings. The Morgan fingerprint density at radius 2 is 2.12 bits per heavy atom. The Morgan fingerprint density at radius 3 is 2.77 bits per heavy atom. The van der Waals surface area contributed by atoms with Crippen LogP contribution in [-0.2, 0) is 19.5 Å². The Balaban J connectivity index is 0.00000338. The van der Waals surface area contributed by atoms with Crippen LogP contribution < -0.4 is 10.6 Å². The summed E-state index contributed by atoms with van der Waals surface area (Å²) in [4.78, 5) is 4.30. The maximum atomic E-state index is 4.30. The molecule has 1 aromatic heterocycles. The number of aromatic nitrogens is 3. The summed E-state index contributed by atoms with van der Waals surface area (Å²) in [5, 5.41) is 14.8. The third-order valence-electron chi connectivity index (χ3n) is 4.22. The minimum absolute atomic E-state index is 0. The second-order valence-electron chi connectivity index (χ2n) is 5.95. The van der Waals surface area contributed by atoms with Crippen molar-refractivity contribution in [2.24, 2.45) is 10.9 Å². The molecule has 0 spiro atoms. The fourth-order valence-corrected chi connectivity index (χ4v) is 3.11. The summed E-state index contributed by atoms with van der Waals surface area (Å²) >= 11 is 3.54. The Labute approximate surface area is 181 Å². The van der Waals surface area contributed by atoms with E-state index in [-0.39, 0.29) is 24.0 Å². The Bertz CT molecular complexity index is 688. The Morgan fingerprint density at radius 1 is 1.31 bits per heavy atom. The molecule has 0 amide bonds. The average Bonchev–Trinajstić information content (AvgIpc) is 3.08. The Kier molecular flexibility index (Phi) is 10.8. The summed E-state index contributed by atoms with van der Waals surface area (Å²) in [6, 6.07) is 8.51. The van der Waals surface area contributed by atoms with Crippen molar-refractivity contribution in [2.75, 3.05) is 13.6 Å². The number of nitrogens with one attached hydrogen (secondary N) is 2. The lowest BCUT2D eigenvalue weighted by molar-refractivity contribution is 0.493. The van der Waals surface area contributed by atoms with Crippen LogP contribution in [0, 0.1) is 5.92 Å². The summed E-state index contributed by atoms with van der Waals surface area (Å²) in [5.41, 5.74) is 1.35. The lowest BCUT2D eigenvalue weighted by Gasteiger charge is -2.18. The van der Waals surface area contributed by atoms with E-state index in [0.717, 1.165) is 42.2 Å². The van der Waals surface area contributed by atoms with Crippen LogP contribution in [-0.4, -0.2) is 34.3 Å². The van der Waals surface area contributed by atoms with Crippen LogP contribution in [0.4, 0.5) is 0 Å². The van der Waals surface area contributed by atoms with Crippen molar-refractivity contribution >= 4 is 45.9 Å². The maximum absolute atomic E-state index is 4.30. The molecule has 0 saturated heterocycles. The molecule has 1 heterocycles. The first-order valence-electron chi connectivity index (χ1n) is 8.71. The molecule has 0 aliphatic heterocycles. The van der Waals surface area contributed by atoms with Crippen molar-refractivity contribution in [2.45, 2.75) is 39.8 Å². The number of benzene rings is 1. The highest BCUT2D eigenvalue weighted by atomic mass is 127. The van der Waals surface area contributed by atoms with Gasteiger partial charge in [-0.25, -0.2) is 0 Å². The maximum Gasteiger partial charge on any atom is 0.191 e. The van der Waals surface area contributed by atoms with E-state index < -0.39 is 0 Å². The average molecular weight is 535 g/mol. The van der Waals surface area contributed by atoms with Crippen LogP contribution in [0.2, 0.25) is 0 Å². The van der Waals surface area contributed by atoms with Crippen LogP contribution in [0.1, 0.15) is 31.7 Å².